The standard InChI is InChI=1S/C35H65O9P/c1-3-5-7-8-9-10-11-12-17-20-24-28-35(37)43-31(30-42-45(38,39)40)29-41-34(36)27-23-19-16-14-13-15-18-22-26-33-32(44-33)25-21-6-4-2/h18,22,31-33H,3-17,19-21,23-30H2,1-2H3,(H2,38,39,40)/b22-18-/t31-,32?,33?/m1/s1. The highest BCUT2D eigenvalue weighted by atomic mass is 31.2. The topological polar surface area (TPSA) is 132 Å². The summed E-state index contributed by atoms with van der Waals surface area (Å²) in [6.07, 6.45) is 29.6. The quantitative estimate of drug-likeness (QED) is 0.0238. The minimum absolute atomic E-state index is 0.210. The number of phosphoric ester groups is 1. The molecule has 2 unspecified atom stereocenters. The molecule has 0 spiro atoms. The van der Waals surface area contributed by atoms with Gasteiger partial charge in [0, 0.05) is 12.8 Å². The van der Waals surface area contributed by atoms with Gasteiger partial charge in [-0.05, 0) is 38.5 Å². The van der Waals surface area contributed by atoms with E-state index in [0.29, 0.717) is 25.0 Å². The van der Waals surface area contributed by atoms with Crippen molar-refractivity contribution in [2.45, 2.75) is 186 Å². The Hall–Kier alpha value is -1.25. The van der Waals surface area contributed by atoms with Crippen molar-refractivity contribution >= 4 is 19.8 Å². The highest BCUT2D eigenvalue weighted by molar-refractivity contribution is 7.46. The summed E-state index contributed by atoms with van der Waals surface area (Å²) in [6, 6.07) is 0. The second-order valence-electron chi connectivity index (χ2n) is 12.6. The molecule has 0 amide bonds. The normalized spacial score (nSPS) is 17.1. The van der Waals surface area contributed by atoms with Crippen molar-refractivity contribution in [1.82, 2.24) is 0 Å². The first-order valence-corrected chi connectivity index (χ1v) is 19.6. The Labute approximate surface area is 273 Å². The first kappa shape index (κ1) is 41.8. The highest BCUT2D eigenvalue weighted by Gasteiger charge is 2.36. The first-order valence-electron chi connectivity index (χ1n) is 18.1. The number of phosphoric acid groups is 1. The summed E-state index contributed by atoms with van der Waals surface area (Å²) in [5, 5.41) is 0. The van der Waals surface area contributed by atoms with E-state index in [2.05, 4.69) is 30.5 Å². The predicted octanol–water partition coefficient (Wildman–Crippen LogP) is 9.28. The monoisotopic (exact) mass is 660 g/mol. The molecule has 0 aliphatic carbocycles. The molecule has 1 aliphatic rings. The van der Waals surface area contributed by atoms with Crippen molar-refractivity contribution in [3.63, 3.8) is 0 Å². The smallest absolute Gasteiger partial charge is 0.462 e. The Morgan fingerprint density at radius 2 is 1.22 bits per heavy atom. The molecule has 9 nitrogen and oxygen atoms in total. The molecule has 0 radical (unpaired) electrons. The van der Waals surface area contributed by atoms with E-state index >= 15 is 0 Å². The molecule has 0 aromatic heterocycles. The summed E-state index contributed by atoms with van der Waals surface area (Å²) in [4.78, 5) is 42.6. The summed E-state index contributed by atoms with van der Waals surface area (Å²) in [7, 11) is -4.75. The fourth-order valence-electron chi connectivity index (χ4n) is 5.38. The molecule has 1 aliphatic heterocycles. The summed E-state index contributed by atoms with van der Waals surface area (Å²) >= 11 is 0. The maximum absolute atomic E-state index is 12.3. The number of ether oxygens (including phenoxy) is 3. The van der Waals surface area contributed by atoms with Crippen molar-refractivity contribution in [3.05, 3.63) is 12.2 Å². The lowest BCUT2D eigenvalue weighted by Gasteiger charge is -2.18. The minimum atomic E-state index is -4.75. The number of hydrogen-bond acceptors (Lipinski definition) is 7. The number of epoxide rings is 1. The molecule has 3 atom stereocenters. The molecule has 1 fully saturated rings. The van der Waals surface area contributed by atoms with Crippen molar-refractivity contribution in [2.75, 3.05) is 13.2 Å². The molecule has 45 heavy (non-hydrogen) atoms. The van der Waals surface area contributed by atoms with Crippen LogP contribution in [0.1, 0.15) is 168 Å². The van der Waals surface area contributed by atoms with Gasteiger partial charge in [0.2, 0.25) is 0 Å². The van der Waals surface area contributed by atoms with Gasteiger partial charge in [0.05, 0.1) is 18.8 Å². The van der Waals surface area contributed by atoms with E-state index in [0.717, 1.165) is 57.8 Å². The third-order valence-corrected chi connectivity index (χ3v) is 8.69. The number of carbonyl (C=O) groups is 2. The Morgan fingerprint density at radius 1 is 0.689 bits per heavy atom. The summed E-state index contributed by atoms with van der Waals surface area (Å²) in [5.74, 6) is -0.903. The van der Waals surface area contributed by atoms with E-state index in [9.17, 15) is 14.2 Å². The Morgan fingerprint density at radius 3 is 1.82 bits per heavy atom. The third-order valence-electron chi connectivity index (χ3n) is 8.21. The van der Waals surface area contributed by atoms with Crippen LogP contribution in [0.15, 0.2) is 12.2 Å². The molecule has 0 aromatic carbocycles. The number of carbonyl (C=O) groups excluding carboxylic acids is 2. The SMILES string of the molecule is CCCCCCCCCCCCCC(=O)O[C@H](COC(=O)CCCCCCC/C=C\CC1OC1CCCCC)COP(=O)(O)O. The number of rotatable bonds is 32. The van der Waals surface area contributed by atoms with E-state index in [1.807, 2.05) is 0 Å². The zero-order valence-electron chi connectivity index (χ0n) is 28.5. The maximum atomic E-state index is 12.3. The Bertz CT molecular complexity index is 813. The highest BCUT2D eigenvalue weighted by Crippen LogP contribution is 2.36. The van der Waals surface area contributed by atoms with Crippen LogP contribution >= 0.6 is 7.82 Å². The van der Waals surface area contributed by atoms with Gasteiger partial charge in [0.25, 0.3) is 0 Å². The van der Waals surface area contributed by atoms with E-state index in [1.165, 1.54) is 70.6 Å². The number of allylic oxidation sites excluding steroid dienone is 1. The van der Waals surface area contributed by atoms with Crippen molar-refractivity contribution in [3.8, 4) is 0 Å². The maximum Gasteiger partial charge on any atom is 0.469 e. The van der Waals surface area contributed by atoms with E-state index in [1.54, 1.807) is 0 Å². The molecule has 0 bridgehead atoms. The van der Waals surface area contributed by atoms with Gasteiger partial charge in [-0.3, -0.25) is 14.1 Å². The fraction of sp³-hybridized carbons (Fsp3) is 0.886. The summed E-state index contributed by atoms with van der Waals surface area (Å²) in [6.45, 7) is 3.62. The lowest BCUT2D eigenvalue weighted by Crippen LogP contribution is -2.29. The van der Waals surface area contributed by atoms with Crippen LogP contribution < -0.4 is 0 Å². The number of unbranched alkanes of at least 4 members (excludes halogenated alkanes) is 17. The van der Waals surface area contributed by atoms with Crippen LogP contribution in [0.3, 0.4) is 0 Å². The molecule has 1 saturated heterocycles. The van der Waals surface area contributed by atoms with Crippen LogP contribution in [0.4, 0.5) is 0 Å². The van der Waals surface area contributed by atoms with Crippen molar-refractivity contribution in [2.24, 2.45) is 0 Å². The molecule has 1 heterocycles. The molecular weight excluding hydrogens is 595 g/mol. The zero-order valence-corrected chi connectivity index (χ0v) is 29.4. The molecule has 0 aromatic rings. The van der Waals surface area contributed by atoms with E-state index < -0.39 is 32.5 Å². The van der Waals surface area contributed by atoms with Crippen LogP contribution in [0.25, 0.3) is 0 Å². The molecular formula is C35H65O9P. The van der Waals surface area contributed by atoms with Gasteiger partial charge in [-0.2, -0.15) is 0 Å². The van der Waals surface area contributed by atoms with Gasteiger partial charge in [-0.15, -0.1) is 0 Å². The molecule has 10 heteroatoms. The predicted molar refractivity (Wildman–Crippen MR) is 179 cm³/mol. The van der Waals surface area contributed by atoms with Crippen LogP contribution in [0, 0.1) is 0 Å². The van der Waals surface area contributed by atoms with E-state index in [-0.39, 0.29) is 19.4 Å². The number of hydrogen-bond donors (Lipinski definition) is 2. The van der Waals surface area contributed by atoms with Crippen LogP contribution in [-0.4, -0.2) is 53.3 Å². The average Bonchev–Trinajstić information content (AvgIpc) is 3.75. The molecule has 1 rings (SSSR count). The van der Waals surface area contributed by atoms with E-state index in [4.69, 9.17) is 24.0 Å². The first-order chi connectivity index (χ1) is 21.7. The van der Waals surface area contributed by atoms with Gasteiger partial charge < -0.3 is 24.0 Å². The molecule has 0 saturated carbocycles. The van der Waals surface area contributed by atoms with Gasteiger partial charge in [0.15, 0.2) is 6.10 Å². The van der Waals surface area contributed by atoms with Gasteiger partial charge in [0.1, 0.15) is 6.61 Å². The lowest BCUT2D eigenvalue weighted by atomic mass is 10.1. The van der Waals surface area contributed by atoms with Gasteiger partial charge in [-0.25, -0.2) is 4.57 Å². The van der Waals surface area contributed by atoms with Gasteiger partial charge >= 0.3 is 19.8 Å². The Kier molecular flexibility index (Phi) is 25.8. The van der Waals surface area contributed by atoms with Crippen molar-refractivity contribution in [1.29, 1.82) is 0 Å². The van der Waals surface area contributed by atoms with Crippen LogP contribution in [0.5, 0.6) is 0 Å². The fourth-order valence-corrected chi connectivity index (χ4v) is 5.74. The number of esters is 2. The zero-order chi connectivity index (χ0) is 33.0. The summed E-state index contributed by atoms with van der Waals surface area (Å²) in [5.41, 5.74) is 0. The second kappa shape index (κ2) is 27.8. The van der Waals surface area contributed by atoms with Crippen molar-refractivity contribution < 1.29 is 42.7 Å². The molecule has 2 N–H and O–H groups in total. The Balaban J connectivity index is 2.09. The average molecular weight is 661 g/mol. The molecule has 264 valence electrons. The second-order valence-corrected chi connectivity index (χ2v) is 13.8. The third kappa shape index (κ3) is 27.6. The van der Waals surface area contributed by atoms with Crippen LogP contribution in [-0.2, 0) is 32.9 Å². The summed E-state index contributed by atoms with van der Waals surface area (Å²) < 4.78 is 32.0. The lowest BCUT2D eigenvalue weighted by molar-refractivity contribution is -0.161. The van der Waals surface area contributed by atoms with Gasteiger partial charge in [-0.1, -0.05) is 129 Å². The van der Waals surface area contributed by atoms with Crippen LogP contribution in [0.2, 0.25) is 0 Å². The minimum Gasteiger partial charge on any atom is -0.462 e. The largest absolute Gasteiger partial charge is 0.469 e.